The third kappa shape index (κ3) is 5.26. The molecule has 0 saturated heterocycles. The minimum atomic E-state index is -0.896. The third-order valence-electron chi connectivity index (χ3n) is 7.33. The van der Waals surface area contributed by atoms with Gasteiger partial charge in [0, 0.05) is 23.6 Å². The summed E-state index contributed by atoms with van der Waals surface area (Å²) in [6.07, 6.45) is 4.22. The number of hydrogen-bond donors (Lipinski definition) is 1. The fourth-order valence-corrected chi connectivity index (χ4v) is 5.64. The Labute approximate surface area is 216 Å². The number of ether oxygens (including phenoxy) is 2. The summed E-state index contributed by atoms with van der Waals surface area (Å²) in [6.45, 7) is 2.45. The van der Waals surface area contributed by atoms with Gasteiger partial charge in [0.15, 0.2) is 5.78 Å². The summed E-state index contributed by atoms with van der Waals surface area (Å²) in [5.41, 5.74) is 3.90. The number of carboxylic acids is 1. The minimum Gasteiger partial charge on any atom is -0.493 e. The van der Waals surface area contributed by atoms with Crippen molar-refractivity contribution in [3.05, 3.63) is 87.9 Å². The number of carbonyl (C=O) groups excluding carboxylic acids is 1. The average Bonchev–Trinajstić information content (AvgIpc) is 3.33. The van der Waals surface area contributed by atoms with E-state index in [-0.39, 0.29) is 5.78 Å². The van der Waals surface area contributed by atoms with Gasteiger partial charge in [0.1, 0.15) is 17.2 Å². The molecule has 36 heavy (non-hydrogen) atoms. The number of halogens is 1. The van der Waals surface area contributed by atoms with Gasteiger partial charge in [-0.2, -0.15) is 0 Å². The molecule has 2 aliphatic rings. The van der Waals surface area contributed by atoms with E-state index in [1.807, 2.05) is 0 Å². The normalized spacial score (nSPS) is 20.9. The number of rotatable bonds is 7. The number of aliphatic carboxylic acids is 1. The SMILES string of the molecule is Cc1cccc(C2CCC(CC(=O)c3ccc(Oc4cc5c(cc4Cl)C(C(=O)O)CCO5)cc3)C2)c1. The third-order valence-corrected chi connectivity index (χ3v) is 7.63. The van der Waals surface area contributed by atoms with Crippen LogP contribution in [0.1, 0.15) is 71.0 Å². The number of carbonyl (C=O) groups is 2. The van der Waals surface area contributed by atoms with Crippen LogP contribution < -0.4 is 9.47 Å². The van der Waals surface area contributed by atoms with Crippen molar-refractivity contribution in [2.45, 2.75) is 50.9 Å². The van der Waals surface area contributed by atoms with Gasteiger partial charge in [-0.25, -0.2) is 0 Å². The summed E-state index contributed by atoms with van der Waals surface area (Å²) in [5, 5.41) is 9.77. The van der Waals surface area contributed by atoms with Gasteiger partial charge >= 0.3 is 5.97 Å². The van der Waals surface area contributed by atoms with Gasteiger partial charge in [-0.3, -0.25) is 9.59 Å². The van der Waals surface area contributed by atoms with E-state index >= 15 is 0 Å². The van der Waals surface area contributed by atoms with Crippen molar-refractivity contribution >= 4 is 23.4 Å². The highest BCUT2D eigenvalue weighted by Crippen LogP contribution is 2.42. The number of aryl methyl sites for hydroxylation is 1. The molecule has 1 fully saturated rings. The average molecular weight is 505 g/mol. The highest BCUT2D eigenvalue weighted by molar-refractivity contribution is 6.32. The van der Waals surface area contributed by atoms with Crippen molar-refractivity contribution in [3.8, 4) is 17.2 Å². The molecular formula is C30H29ClO5. The molecule has 0 amide bonds. The highest BCUT2D eigenvalue weighted by Gasteiger charge is 2.30. The molecule has 1 aliphatic carbocycles. The Hall–Kier alpha value is -3.31. The molecule has 3 aromatic carbocycles. The highest BCUT2D eigenvalue weighted by atomic mass is 35.5. The number of fused-ring (bicyclic) bond motifs is 1. The number of benzene rings is 3. The predicted octanol–water partition coefficient (Wildman–Crippen LogP) is 7.55. The molecule has 5 rings (SSSR count). The van der Waals surface area contributed by atoms with Crippen molar-refractivity contribution in [2.75, 3.05) is 6.61 Å². The smallest absolute Gasteiger partial charge is 0.311 e. The van der Waals surface area contributed by atoms with E-state index in [1.165, 1.54) is 11.1 Å². The standard InChI is InChI=1S/C30H29ClO5/c1-18-3-2-4-21(13-18)22-6-5-19(14-22)15-27(32)20-7-9-23(10-8-20)36-29-17-28-25(16-26(29)31)24(30(33)34)11-12-35-28/h2-4,7-10,13,16-17,19,22,24H,5-6,11-12,14-15H2,1H3,(H,33,34). The van der Waals surface area contributed by atoms with Crippen LogP contribution in [-0.2, 0) is 4.79 Å². The zero-order valence-electron chi connectivity index (χ0n) is 20.2. The lowest BCUT2D eigenvalue weighted by Gasteiger charge is -2.24. The van der Waals surface area contributed by atoms with Crippen LogP contribution in [-0.4, -0.2) is 23.5 Å². The number of carboxylic acid groups (broad SMARTS) is 1. The van der Waals surface area contributed by atoms with Crippen LogP contribution in [0.4, 0.5) is 0 Å². The summed E-state index contributed by atoms with van der Waals surface area (Å²) < 4.78 is 11.6. The van der Waals surface area contributed by atoms with Crippen molar-refractivity contribution in [2.24, 2.45) is 5.92 Å². The molecule has 186 valence electrons. The van der Waals surface area contributed by atoms with Gasteiger partial charge in [0.2, 0.25) is 0 Å². The molecule has 3 aromatic rings. The fourth-order valence-electron chi connectivity index (χ4n) is 5.43. The molecule has 5 nitrogen and oxygen atoms in total. The first kappa shape index (κ1) is 24.4. The van der Waals surface area contributed by atoms with E-state index in [1.54, 1.807) is 36.4 Å². The van der Waals surface area contributed by atoms with Crippen LogP contribution in [0.3, 0.4) is 0 Å². The molecule has 1 aliphatic heterocycles. The molecule has 1 saturated carbocycles. The summed E-state index contributed by atoms with van der Waals surface area (Å²) in [5.74, 6) is 0.952. The van der Waals surface area contributed by atoms with Crippen LogP contribution in [0.2, 0.25) is 5.02 Å². The van der Waals surface area contributed by atoms with E-state index in [9.17, 15) is 14.7 Å². The van der Waals surface area contributed by atoms with Crippen molar-refractivity contribution in [1.82, 2.24) is 0 Å². The number of Topliss-reactive ketones (excluding diaryl/α,β-unsaturated/α-hetero) is 1. The summed E-state index contributed by atoms with van der Waals surface area (Å²) >= 11 is 6.39. The zero-order chi connectivity index (χ0) is 25.2. The maximum atomic E-state index is 12.9. The van der Waals surface area contributed by atoms with Crippen molar-refractivity contribution in [3.63, 3.8) is 0 Å². The van der Waals surface area contributed by atoms with Crippen LogP contribution in [0, 0.1) is 12.8 Å². The minimum absolute atomic E-state index is 0.149. The largest absolute Gasteiger partial charge is 0.493 e. The Balaban J connectivity index is 1.21. The molecule has 0 spiro atoms. The second kappa shape index (κ2) is 10.4. The fraction of sp³-hybridized carbons (Fsp3) is 0.333. The first-order valence-electron chi connectivity index (χ1n) is 12.4. The molecule has 6 heteroatoms. The summed E-state index contributed by atoms with van der Waals surface area (Å²) in [6, 6.07) is 19.0. The van der Waals surface area contributed by atoms with Gasteiger partial charge in [0.05, 0.1) is 17.5 Å². The lowest BCUT2D eigenvalue weighted by atomic mass is 9.92. The van der Waals surface area contributed by atoms with Crippen LogP contribution in [0.25, 0.3) is 0 Å². The predicted molar refractivity (Wildman–Crippen MR) is 139 cm³/mol. The second-order valence-corrected chi connectivity index (χ2v) is 10.3. The number of ketones is 1. The quantitative estimate of drug-likeness (QED) is 0.336. The summed E-state index contributed by atoms with van der Waals surface area (Å²) in [4.78, 5) is 24.5. The Kier molecular flexibility index (Phi) is 7.01. The first-order chi connectivity index (χ1) is 17.4. The zero-order valence-corrected chi connectivity index (χ0v) is 21.0. The van der Waals surface area contributed by atoms with Crippen LogP contribution in [0.15, 0.2) is 60.7 Å². The van der Waals surface area contributed by atoms with E-state index < -0.39 is 11.9 Å². The molecule has 0 radical (unpaired) electrons. The lowest BCUT2D eigenvalue weighted by Crippen LogP contribution is -2.20. The van der Waals surface area contributed by atoms with Crippen LogP contribution >= 0.6 is 11.6 Å². The Bertz CT molecular complexity index is 1280. The maximum absolute atomic E-state index is 12.9. The second-order valence-electron chi connectivity index (χ2n) is 9.89. The van der Waals surface area contributed by atoms with E-state index in [2.05, 4.69) is 31.2 Å². The Morgan fingerprint density at radius 3 is 2.61 bits per heavy atom. The lowest BCUT2D eigenvalue weighted by molar-refractivity contribution is -0.139. The monoisotopic (exact) mass is 504 g/mol. The number of hydrogen-bond acceptors (Lipinski definition) is 4. The Morgan fingerprint density at radius 1 is 1.06 bits per heavy atom. The van der Waals surface area contributed by atoms with Gasteiger partial charge in [-0.1, -0.05) is 41.4 Å². The van der Waals surface area contributed by atoms with Gasteiger partial charge in [-0.05, 0) is 80.3 Å². The van der Waals surface area contributed by atoms with E-state index in [4.69, 9.17) is 21.1 Å². The molecule has 0 aromatic heterocycles. The van der Waals surface area contributed by atoms with Gasteiger partial charge < -0.3 is 14.6 Å². The van der Waals surface area contributed by atoms with E-state index in [0.717, 1.165) is 19.3 Å². The topological polar surface area (TPSA) is 72.8 Å². The first-order valence-corrected chi connectivity index (χ1v) is 12.8. The molecule has 1 N–H and O–H groups in total. The molecule has 1 heterocycles. The summed E-state index contributed by atoms with van der Waals surface area (Å²) in [7, 11) is 0. The molecular weight excluding hydrogens is 476 g/mol. The molecule has 3 unspecified atom stereocenters. The maximum Gasteiger partial charge on any atom is 0.311 e. The van der Waals surface area contributed by atoms with Gasteiger partial charge in [-0.15, -0.1) is 0 Å². The molecule has 0 bridgehead atoms. The van der Waals surface area contributed by atoms with Gasteiger partial charge in [0.25, 0.3) is 0 Å². The van der Waals surface area contributed by atoms with Crippen LogP contribution in [0.5, 0.6) is 17.2 Å². The van der Waals surface area contributed by atoms with Crippen molar-refractivity contribution in [1.29, 1.82) is 0 Å². The van der Waals surface area contributed by atoms with E-state index in [0.29, 0.717) is 64.7 Å². The van der Waals surface area contributed by atoms with Crippen molar-refractivity contribution < 1.29 is 24.2 Å². The Morgan fingerprint density at radius 2 is 1.86 bits per heavy atom. The molecule has 3 atom stereocenters.